The maximum absolute atomic E-state index is 11.5. The van der Waals surface area contributed by atoms with E-state index in [0.717, 1.165) is 25.7 Å². The molecule has 2 N–H and O–H groups in total. The van der Waals surface area contributed by atoms with E-state index in [1.54, 1.807) is 0 Å². The lowest BCUT2D eigenvalue weighted by atomic mass is 9.87. The van der Waals surface area contributed by atoms with Crippen molar-refractivity contribution in [2.75, 3.05) is 25.1 Å². The monoisotopic (exact) mass is 262 g/mol. The zero-order valence-corrected chi connectivity index (χ0v) is 12.1. The van der Waals surface area contributed by atoms with Gasteiger partial charge in [0.2, 0.25) is 0 Å². The van der Waals surface area contributed by atoms with Gasteiger partial charge in [0.25, 0.3) is 0 Å². The van der Waals surface area contributed by atoms with Gasteiger partial charge in [0.1, 0.15) is 0 Å². The van der Waals surface area contributed by atoms with Crippen molar-refractivity contribution < 1.29 is 8.42 Å². The second-order valence-corrected chi connectivity index (χ2v) is 7.43. The molecule has 17 heavy (non-hydrogen) atoms. The summed E-state index contributed by atoms with van der Waals surface area (Å²) in [6.45, 7) is 4.90. The van der Waals surface area contributed by atoms with Gasteiger partial charge in [-0.05, 0) is 26.3 Å². The smallest absolute Gasteiger partial charge is 0.151 e. The maximum atomic E-state index is 11.5. The third-order valence-corrected chi connectivity index (χ3v) is 6.01. The van der Waals surface area contributed by atoms with E-state index in [4.69, 9.17) is 5.73 Å². The Morgan fingerprint density at radius 1 is 1.41 bits per heavy atom. The van der Waals surface area contributed by atoms with E-state index in [0.29, 0.717) is 18.1 Å². The Balaban J connectivity index is 2.82. The molecule has 1 rings (SSSR count). The van der Waals surface area contributed by atoms with Crippen molar-refractivity contribution in [1.82, 2.24) is 4.90 Å². The summed E-state index contributed by atoms with van der Waals surface area (Å²) < 4.78 is 23.1. The quantitative estimate of drug-likeness (QED) is 0.776. The van der Waals surface area contributed by atoms with Crippen LogP contribution in [-0.2, 0) is 9.84 Å². The topological polar surface area (TPSA) is 63.4 Å². The fourth-order valence-corrected chi connectivity index (χ4v) is 4.70. The molecule has 1 aliphatic rings. The van der Waals surface area contributed by atoms with Crippen LogP contribution < -0.4 is 5.73 Å². The van der Waals surface area contributed by atoms with E-state index in [9.17, 15) is 8.42 Å². The SMILES string of the molecule is CCCC(CC)(CN)N(C)C1CCS(=O)(=O)C1. The Bertz CT molecular complexity index is 336. The molecule has 0 amide bonds. The average molecular weight is 262 g/mol. The lowest BCUT2D eigenvalue weighted by Crippen LogP contribution is -2.56. The first-order valence-corrected chi connectivity index (χ1v) is 8.36. The number of rotatable bonds is 6. The standard InChI is InChI=1S/C12H26N2O2S/c1-4-7-12(5-2,10-13)14(3)11-6-8-17(15,16)9-11/h11H,4-10,13H2,1-3H3. The summed E-state index contributed by atoms with van der Waals surface area (Å²) in [5.41, 5.74) is 5.92. The van der Waals surface area contributed by atoms with E-state index >= 15 is 0 Å². The molecule has 0 spiro atoms. The third kappa shape index (κ3) is 3.20. The van der Waals surface area contributed by atoms with Gasteiger partial charge >= 0.3 is 0 Å². The first kappa shape index (κ1) is 14.9. The molecule has 5 heteroatoms. The van der Waals surface area contributed by atoms with Crippen LogP contribution in [0.15, 0.2) is 0 Å². The van der Waals surface area contributed by atoms with Crippen LogP contribution in [0.4, 0.5) is 0 Å². The Morgan fingerprint density at radius 3 is 2.41 bits per heavy atom. The van der Waals surface area contributed by atoms with E-state index in [1.807, 2.05) is 7.05 Å². The van der Waals surface area contributed by atoms with Gasteiger partial charge in [-0.15, -0.1) is 0 Å². The Morgan fingerprint density at radius 2 is 2.06 bits per heavy atom. The summed E-state index contributed by atoms with van der Waals surface area (Å²) in [6.07, 6.45) is 3.84. The molecule has 0 radical (unpaired) electrons. The van der Waals surface area contributed by atoms with Crippen molar-refractivity contribution >= 4 is 9.84 Å². The van der Waals surface area contributed by atoms with Crippen LogP contribution in [0.1, 0.15) is 39.5 Å². The molecule has 0 aromatic heterocycles. The van der Waals surface area contributed by atoms with E-state index in [-0.39, 0.29) is 11.6 Å². The molecule has 1 heterocycles. The Hall–Kier alpha value is -0.130. The molecule has 1 saturated heterocycles. The van der Waals surface area contributed by atoms with Gasteiger partial charge in [0.15, 0.2) is 9.84 Å². The predicted molar refractivity (Wildman–Crippen MR) is 71.8 cm³/mol. The van der Waals surface area contributed by atoms with Crippen LogP contribution in [0.3, 0.4) is 0 Å². The predicted octanol–water partition coefficient (Wildman–Crippen LogP) is 1.01. The van der Waals surface area contributed by atoms with Gasteiger partial charge in [-0.3, -0.25) is 4.90 Å². The molecule has 1 aliphatic heterocycles. The van der Waals surface area contributed by atoms with Gasteiger partial charge in [-0.1, -0.05) is 20.3 Å². The van der Waals surface area contributed by atoms with Crippen molar-refractivity contribution in [3.05, 3.63) is 0 Å². The molecule has 0 bridgehead atoms. The highest BCUT2D eigenvalue weighted by molar-refractivity contribution is 7.91. The molecular formula is C12H26N2O2S. The molecule has 2 unspecified atom stereocenters. The lowest BCUT2D eigenvalue weighted by Gasteiger charge is -2.44. The van der Waals surface area contributed by atoms with Crippen LogP contribution in [0.5, 0.6) is 0 Å². The molecule has 102 valence electrons. The van der Waals surface area contributed by atoms with Gasteiger partial charge in [-0.2, -0.15) is 0 Å². The van der Waals surface area contributed by atoms with Crippen LogP contribution in [0.25, 0.3) is 0 Å². The molecule has 0 aromatic carbocycles. The molecule has 0 saturated carbocycles. The summed E-state index contributed by atoms with van der Waals surface area (Å²) in [4.78, 5) is 2.24. The van der Waals surface area contributed by atoms with E-state index < -0.39 is 9.84 Å². The van der Waals surface area contributed by atoms with Crippen molar-refractivity contribution in [1.29, 1.82) is 0 Å². The first-order chi connectivity index (χ1) is 7.90. The zero-order valence-electron chi connectivity index (χ0n) is 11.3. The normalized spacial score (nSPS) is 27.2. The number of nitrogens with zero attached hydrogens (tertiary/aromatic N) is 1. The van der Waals surface area contributed by atoms with Gasteiger partial charge in [0, 0.05) is 18.1 Å². The summed E-state index contributed by atoms with van der Waals surface area (Å²) >= 11 is 0. The fourth-order valence-electron chi connectivity index (χ4n) is 2.93. The second kappa shape index (κ2) is 5.67. The molecule has 0 aliphatic carbocycles. The van der Waals surface area contributed by atoms with Gasteiger partial charge in [-0.25, -0.2) is 8.42 Å². The number of nitrogens with two attached hydrogens (primary N) is 1. The summed E-state index contributed by atoms with van der Waals surface area (Å²) in [5, 5.41) is 0. The van der Waals surface area contributed by atoms with Crippen molar-refractivity contribution in [2.24, 2.45) is 5.73 Å². The molecule has 0 aromatic rings. The van der Waals surface area contributed by atoms with Crippen LogP contribution in [0.2, 0.25) is 0 Å². The number of likely N-dealkylation sites (N-methyl/N-ethyl adjacent to an activating group) is 1. The van der Waals surface area contributed by atoms with Crippen LogP contribution in [-0.4, -0.2) is 50.0 Å². The minimum Gasteiger partial charge on any atom is -0.329 e. The summed E-state index contributed by atoms with van der Waals surface area (Å²) in [6, 6.07) is 0.148. The highest BCUT2D eigenvalue weighted by atomic mass is 32.2. The Labute approximate surface area is 105 Å². The molecule has 4 nitrogen and oxygen atoms in total. The largest absolute Gasteiger partial charge is 0.329 e. The van der Waals surface area contributed by atoms with Crippen molar-refractivity contribution in [3.63, 3.8) is 0 Å². The lowest BCUT2D eigenvalue weighted by molar-refractivity contribution is 0.0738. The number of hydrogen-bond donors (Lipinski definition) is 1. The fraction of sp³-hybridized carbons (Fsp3) is 1.00. The number of sulfone groups is 1. The first-order valence-electron chi connectivity index (χ1n) is 6.54. The highest BCUT2D eigenvalue weighted by Gasteiger charge is 2.39. The molecule has 2 atom stereocenters. The minimum absolute atomic E-state index is 0.0285. The van der Waals surface area contributed by atoms with Crippen LogP contribution in [0, 0.1) is 0 Å². The summed E-state index contributed by atoms with van der Waals surface area (Å²) in [7, 11) is -0.775. The average Bonchev–Trinajstić information content (AvgIpc) is 2.66. The van der Waals surface area contributed by atoms with Crippen molar-refractivity contribution in [3.8, 4) is 0 Å². The third-order valence-electron chi connectivity index (χ3n) is 4.26. The van der Waals surface area contributed by atoms with Crippen LogP contribution >= 0.6 is 0 Å². The molecular weight excluding hydrogens is 236 g/mol. The molecule has 1 fully saturated rings. The van der Waals surface area contributed by atoms with E-state index in [1.165, 1.54) is 0 Å². The zero-order chi connectivity index (χ0) is 13.1. The Kier molecular flexibility index (Phi) is 4.98. The maximum Gasteiger partial charge on any atom is 0.151 e. The number of hydrogen-bond acceptors (Lipinski definition) is 4. The van der Waals surface area contributed by atoms with Gasteiger partial charge < -0.3 is 5.73 Å². The van der Waals surface area contributed by atoms with Crippen molar-refractivity contribution in [2.45, 2.75) is 51.1 Å². The summed E-state index contributed by atoms with van der Waals surface area (Å²) in [5.74, 6) is 0.632. The second-order valence-electron chi connectivity index (χ2n) is 5.20. The highest BCUT2D eigenvalue weighted by Crippen LogP contribution is 2.29. The van der Waals surface area contributed by atoms with Gasteiger partial charge in [0.05, 0.1) is 11.5 Å². The minimum atomic E-state index is -2.81. The van der Waals surface area contributed by atoms with E-state index in [2.05, 4.69) is 18.7 Å².